The maximum atomic E-state index is 13.3. The Kier molecular flexibility index (Phi) is 5.94. The van der Waals surface area contributed by atoms with Crippen LogP contribution in [0.25, 0.3) is 0 Å². The van der Waals surface area contributed by atoms with Crippen LogP contribution < -0.4 is 10.1 Å². The van der Waals surface area contributed by atoms with Crippen LogP contribution in [0.2, 0.25) is 0 Å². The molecule has 0 aromatic heterocycles. The lowest BCUT2D eigenvalue weighted by Gasteiger charge is -2.36. The number of benzene rings is 2. The topological polar surface area (TPSA) is 47.6 Å². The number of carbonyl (C=O) groups excluding carboxylic acids is 1. The van der Waals surface area contributed by atoms with E-state index in [1.54, 1.807) is 0 Å². The van der Waals surface area contributed by atoms with Gasteiger partial charge in [-0.3, -0.25) is 4.79 Å². The molecule has 1 heterocycles. The Morgan fingerprint density at radius 3 is 2.54 bits per heavy atom. The minimum atomic E-state index is -0.540. The fourth-order valence-electron chi connectivity index (χ4n) is 3.41. The van der Waals surface area contributed by atoms with Crippen molar-refractivity contribution in [1.29, 1.82) is 0 Å². The minimum absolute atomic E-state index is 0.0358. The zero-order valence-electron chi connectivity index (χ0n) is 15.6. The average molecular weight is 353 g/mol. The Morgan fingerprint density at radius 2 is 1.88 bits per heavy atom. The Labute approximate surface area is 155 Å². The highest BCUT2D eigenvalue weighted by Crippen LogP contribution is 2.36. The van der Waals surface area contributed by atoms with Crippen LogP contribution in [0.1, 0.15) is 37.3 Å². The molecule has 0 radical (unpaired) electrons. The number of hydrogen-bond donors (Lipinski definition) is 1. The number of aryl methyl sites for hydroxylation is 1. The monoisotopic (exact) mass is 353 g/mol. The van der Waals surface area contributed by atoms with Crippen molar-refractivity contribution >= 4 is 11.6 Å². The molecule has 1 N–H and O–H groups in total. The fraction of sp³-hybridized carbons (Fsp3) is 0.409. The predicted octanol–water partition coefficient (Wildman–Crippen LogP) is 4.47. The molecule has 0 atom stereocenters. The van der Waals surface area contributed by atoms with E-state index in [1.807, 2.05) is 30.3 Å². The molecule has 2 aromatic carbocycles. The summed E-state index contributed by atoms with van der Waals surface area (Å²) in [7, 11) is 0. The molecule has 3 rings (SSSR count). The van der Waals surface area contributed by atoms with Gasteiger partial charge in [0.25, 0.3) is 0 Å². The summed E-state index contributed by atoms with van der Waals surface area (Å²) in [6.07, 6.45) is 2.36. The summed E-state index contributed by atoms with van der Waals surface area (Å²) < 4.78 is 11.1. The van der Waals surface area contributed by atoms with Gasteiger partial charge in [0.05, 0.1) is 12.0 Å². The van der Waals surface area contributed by atoms with Crippen LogP contribution in [0.5, 0.6) is 5.75 Å². The van der Waals surface area contributed by atoms with Crippen LogP contribution in [-0.4, -0.2) is 25.7 Å². The van der Waals surface area contributed by atoms with Crippen molar-refractivity contribution in [2.45, 2.75) is 38.5 Å². The van der Waals surface area contributed by atoms with E-state index in [2.05, 4.69) is 37.4 Å². The number of hydrogen-bond acceptors (Lipinski definition) is 3. The molecule has 1 fully saturated rings. The van der Waals surface area contributed by atoms with E-state index in [0.29, 0.717) is 32.7 Å². The molecule has 1 amide bonds. The van der Waals surface area contributed by atoms with Crippen molar-refractivity contribution in [3.63, 3.8) is 0 Å². The van der Waals surface area contributed by atoms with Gasteiger partial charge in [-0.2, -0.15) is 0 Å². The van der Waals surface area contributed by atoms with E-state index < -0.39 is 5.41 Å². The quantitative estimate of drug-likeness (QED) is 0.833. The molecule has 0 spiro atoms. The first-order chi connectivity index (χ1) is 12.6. The molecule has 4 heteroatoms. The van der Waals surface area contributed by atoms with Crippen molar-refractivity contribution in [3.8, 4) is 5.75 Å². The first-order valence-electron chi connectivity index (χ1n) is 9.33. The lowest BCUT2D eigenvalue weighted by molar-refractivity contribution is -0.125. The highest BCUT2D eigenvalue weighted by molar-refractivity contribution is 5.99. The molecule has 26 heavy (non-hydrogen) atoms. The average Bonchev–Trinajstić information content (AvgIpc) is 2.68. The summed E-state index contributed by atoms with van der Waals surface area (Å²) in [5.41, 5.74) is 2.49. The molecule has 4 nitrogen and oxygen atoms in total. The van der Waals surface area contributed by atoms with Gasteiger partial charge in [-0.15, -0.1) is 0 Å². The maximum absolute atomic E-state index is 13.3. The van der Waals surface area contributed by atoms with Gasteiger partial charge in [-0.05, 0) is 56.0 Å². The summed E-state index contributed by atoms with van der Waals surface area (Å²) >= 11 is 0. The molecule has 0 unspecified atom stereocenters. The van der Waals surface area contributed by atoms with Crippen molar-refractivity contribution in [3.05, 3.63) is 59.7 Å². The molecule has 2 aromatic rings. The molecule has 1 aliphatic heterocycles. The number of anilines is 1. The van der Waals surface area contributed by atoms with Crippen molar-refractivity contribution in [2.24, 2.45) is 0 Å². The van der Waals surface area contributed by atoms with Crippen LogP contribution in [0.15, 0.2) is 48.5 Å². The Morgan fingerprint density at radius 1 is 1.15 bits per heavy atom. The SMILES string of the molecule is CCCOc1ccc(NC(=O)C2(c3cccc(C)c3)CCOCC2)cc1. The normalized spacial score (nSPS) is 16.1. The fourth-order valence-corrected chi connectivity index (χ4v) is 3.41. The second-order valence-electron chi connectivity index (χ2n) is 6.89. The zero-order valence-corrected chi connectivity index (χ0v) is 15.6. The summed E-state index contributed by atoms with van der Waals surface area (Å²) in [6, 6.07) is 15.8. The molecule has 1 aliphatic rings. The highest BCUT2D eigenvalue weighted by Gasteiger charge is 2.41. The maximum Gasteiger partial charge on any atom is 0.235 e. The number of nitrogens with one attached hydrogen (secondary N) is 1. The van der Waals surface area contributed by atoms with Crippen molar-refractivity contribution in [2.75, 3.05) is 25.1 Å². The first kappa shape index (κ1) is 18.5. The lowest BCUT2D eigenvalue weighted by atomic mass is 9.73. The number of amides is 1. The van der Waals surface area contributed by atoms with E-state index in [0.717, 1.165) is 23.4 Å². The van der Waals surface area contributed by atoms with Gasteiger partial charge in [0.1, 0.15) is 5.75 Å². The molecular weight excluding hydrogens is 326 g/mol. The van der Waals surface area contributed by atoms with Crippen molar-refractivity contribution in [1.82, 2.24) is 0 Å². The third-order valence-electron chi connectivity index (χ3n) is 4.94. The number of ether oxygens (including phenoxy) is 2. The van der Waals surface area contributed by atoms with E-state index in [1.165, 1.54) is 5.56 Å². The largest absolute Gasteiger partial charge is 0.494 e. The molecule has 138 valence electrons. The van der Waals surface area contributed by atoms with Crippen molar-refractivity contribution < 1.29 is 14.3 Å². The second-order valence-corrected chi connectivity index (χ2v) is 6.89. The van der Waals surface area contributed by atoms with Gasteiger partial charge in [0.2, 0.25) is 5.91 Å². The summed E-state index contributed by atoms with van der Waals surface area (Å²) in [4.78, 5) is 13.3. The summed E-state index contributed by atoms with van der Waals surface area (Å²) in [5.74, 6) is 0.859. The van der Waals surface area contributed by atoms with Gasteiger partial charge in [-0.25, -0.2) is 0 Å². The van der Waals surface area contributed by atoms with Crippen LogP contribution in [0, 0.1) is 6.92 Å². The molecule has 0 saturated carbocycles. The molecule has 0 aliphatic carbocycles. The molecule has 0 bridgehead atoms. The Balaban J connectivity index is 1.80. The third-order valence-corrected chi connectivity index (χ3v) is 4.94. The van der Waals surface area contributed by atoms with Gasteiger partial charge in [-0.1, -0.05) is 36.8 Å². The van der Waals surface area contributed by atoms with Crippen LogP contribution in [0.4, 0.5) is 5.69 Å². The van der Waals surface area contributed by atoms with E-state index in [-0.39, 0.29) is 5.91 Å². The van der Waals surface area contributed by atoms with E-state index in [4.69, 9.17) is 9.47 Å². The molecule has 1 saturated heterocycles. The van der Waals surface area contributed by atoms with Gasteiger partial charge in [0.15, 0.2) is 0 Å². The van der Waals surface area contributed by atoms with E-state index >= 15 is 0 Å². The van der Waals surface area contributed by atoms with Crippen LogP contribution in [0.3, 0.4) is 0 Å². The number of rotatable bonds is 6. The summed E-state index contributed by atoms with van der Waals surface area (Å²) in [5, 5.41) is 3.10. The minimum Gasteiger partial charge on any atom is -0.494 e. The zero-order chi connectivity index (χ0) is 18.4. The molecular formula is C22H27NO3. The first-order valence-corrected chi connectivity index (χ1v) is 9.33. The third kappa shape index (κ3) is 4.07. The lowest BCUT2D eigenvalue weighted by Crippen LogP contribution is -2.44. The highest BCUT2D eigenvalue weighted by atomic mass is 16.5. The van der Waals surface area contributed by atoms with Gasteiger partial charge >= 0.3 is 0 Å². The van der Waals surface area contributed by atoms with Gasteiger partial charge < -0.3 is 14.8 Å². The smallest absolute Gasteiger partial charge is 0.235 e. The Hall–Kier alpha value is -2.33. The summed E-state index contributed by atoms with van der Waals surface area (Å²) in [6.45, 7) is 6.04. The number of carbonyl (C=O) groups is 1. The Bertz CT molecular complexity index is 733. The standard InChI is InChI=1S/C22H27NO3/c1-3-13-26-20-9-7-19(8-10-20)23-21(24)22(11-14-25-15-12-22)18-6-4-5-17(2)16-18/h4-10,16H,3,11-15H2,1-2H3,(H,23,24). The predicted molar refractivity (Wildman–Crippen MR) is 104 cm³/mol. The van der Waals surface area contributed by atoms with Crippen LogP contribution in [-0.2, 0) is 14.9 Å². The van der Waals surface area contributed by atoms with E-state index in [9.17, 15) is 4.79 Å². The second kappa shape index (κ2) is 8.37. The van der Waals surface area contributed by atoms with Gasteiger partial charge in [0, 0.05) is 18.9 Å². The van der Waals surface area contributed by atoms with Crippen LogP contribution >= 0.6 is 0 Å².